The van der Waals surface area contributed by atoms with Gasteiger partial charge in [0, 0.05) is 15.7 Å². The minimum Gasteiger partial charge on any atom is -0.479 e. The van der Waals surface area contributed by atoms with Gasteiger partial charge in [0.2, 0.25) is 0 Å². The highest BCUT2D eigenvalue weighted by molar-refractivity contribution is 6.35. The fourth-order valence-electron chi connectivity index (χ4n) is 1.51. The van der Waals surface area contributed by atoms with Crippen LogP contribution in [0.15, 0.2) is 41.0 Å². The molecular weight excluding hydrogens is 277 g/mol. The number of benzene rings is 1. The van der Waals surface area contributed by atoms with Gasteiger partial charge in [-0.15, -0.1) is 0 Å². The molecule has 1 atom stereocenters. The van der Waals surface area contributed by atoms with Crippen LogP contribution in [0.4, 0.5) is 5.69 Å². The molecule has 1 aromatic heterocycles. The number of carbonyl (C=O) groups is 1. The average Bonchev–Trinajstić information content (AvgIpc) is 2.77. The van der Waals surface area contributed by atoms with E-state index < -0.39 is 12.0 Å². The molecule has 0 saturated carbocycles. The van der Waals surface area contributed by atoms with E-state index in [-0.39, 0.29) is 0 Å². The van der Waals surface area contributed by atoms with E-state index in [2.05, 4.69) is 5.32 Å². The molecule has 0 radical (unpaired) electrons. The van der Waals surface area contributed by atoms with Crippen molar-refractivity contribution in [1.29, 1.82) is 0 Å². The summed E-state index contributed by atoms with van der Waals surface area (Å²) in [6, 6.07) is 6.96. The van der Waals surface area contributed by atoms with Crippen molar-refractivity contribution in [2.45, 2.75) is 6.04 Å². The Morgan fingerprint density at radius 2 is 1.94 bits per heavy atom. The lowest BCUT2D eigenvalue weighted by Crippen LogP contribution is -2.19. The lowest BCUT2D eigenvalue weighted by atomic mass is 10.2. The van der Waals surface area contributed by atoms with Gasteiger partial charge in [-0.2, -0.15) is 0 Å². The van der Waals surface area contributed by atoms with Crippen LogP contribution in [0.1, 0.15) is 11.8 Å². The molecule has 0 bridgehead atoms. The van der Waals surface area contributed by atoms with Crippen molar-refractivity contribution >= 4 is 34.9 Å². The highest BCUT2D eigenvalue weighted by Crippen LogP contribution is 2.26. The summed E-state index contributed by atoms with van der Waals surface area (Å²) in [5, 5.41) is 12.8. The monoisotopic (exact) mass is 285 g/mol. The van der Waals surface area contributed by atoms with Gasteiger partial charge >= 0.3 is 5.97 Å². The van der Waals surface area contributed by atoms with Crippen LogP contribution >= 0.6 is 23.2 Å². The van der Waals surface area contributed by atoms with Gasteiger partial charge in [0.1, 0.15) is 5.76 Å². The SMILES string of the molecule is O=C(O)C(Nc1cc(Cl)cc(Cl)c1)c1ccco1. The molecule has 0 amide bonds. The second-order valence-electron chi connectivity index (χ2n) is 3.59. The van der Waals surface area contributed by atoms with Crippen molar-refractivity contribution in [3.8, 4) is 0 Å². The van der Waals surface area contributed by atoms with Crippen LogP contribution in [-0.2, 0) is 4.79 Å². The lowest BCUT2D eigenvalue weighted by molar-refractivity contribution is -0.138. The third kappa shape index (κ3) is 2.97. The molecule has 94 valence electrons. The Labute approximate surface area is 113 Å². The van der Waals surface area contributed by atoms with Crippen molar-refractivity contribution in [2.75, 3.05) is 5.32 Å². The minimum absolute atomic E-state index is 0.304. The molecule has 1 heterocycles. The van der Waals surface area contributed by atoms with E-state index in [4.69, 9.17) is 32.7 Å². The van der Waals surface area contributed by atoms with Crippen LogP contribution in [0, 0.1) is 0 Å². The topological polar surface area (TPSA) is 62.5 Å². The zero-order chi connectivity index (χ0) is 13.1. The molecule has 0 spiro atoms. The molecule has 18 heavy (non-hydrogen) atoms. The Bertz CT molecular complexity index is 534. The zero-order valence-corrected chi connectivity index (χ0v) is 10.6. The predicted molar refractivity (Wildman–Crippen MR) is 69.2 cm³/mol. The third-order valence-corrected chi connectivity index (χ3v) is 2.68. The Balaban J connectivity index is 2.27. The third-order valence-electron chi connectivity index (χ3n) is 2.25. The second-order valence-corrected chi connectivity index (χ2v) is 4.46. The summed E-state index contributed by atoms with van der Waals surface area (Å²) >= 11 is 11.7. The highest BCUT2D eigenvalue weighted by Gasteiger charge is 2.22. The van der Waals surface area contributed by atoms with Crippen LogP contribution in [0.3, 0.4) is 0 Å². The molecule has 2 N–H and O–H groups in total. The summed E-state index contributed by atoms with van der Waals surface area (Å²) in [5.41, 5.74) is 0.510. The molecule has 6 heteroatoms. The molecule has 1 unspecified atom stereocenters. The molecule has 4 nitrogen and oxygen atoms in total. The average molecular weight is 286 g/mol. The fourth-order valence-corrected chi connectivity index (χ4v) is 2.04. The van der Waals surface area contributed by atoms with E-state index in [0.29, 0.717) is 21.5 Å². The Morgan fingerprint density at radius 1 is 1.28 bits per heavy atom. The van der Waals surface area contributed by atoms with Crippen molar-refractivity contribution in [1.82, 2.24) is 0 Å². The molecule has 0 aliphatic carbocycles. The number of aliphatic carboxylic acids is 1. The summed E-state index contributed by atoms with van der Waals surface area (Å²) in [6.45, 7) is 0. The predicted octanol–water partition coefficient (Wildman–Crippen LogP) is 3.82. The van der Waals surface area contributed by atoms with Crippen molar-refractivity contribution in [2.24, 2.45) is 0 Å². The van der Waals surface area contributed by atoms with Gasteiger partial charge in [0.05, 0.1) is 6.26 Å². The first-order valence-corrected chi connectivity index (χ1v) is 5.80. The fraction of sp³-hybridized carbons (Fsp3) is 0.0833. The van der Waals surface area contributed by atoms with Crippen molar-refractivity contribution in [3.63, 3.8) is 0 Å². The summed E-state index contributed by atoms with van der Waals surface area (Å²) in [5.74, 6) is -0.750. The van der Waals surface area contributed by atoms with Crippen molar-refractivity contribution in [3.05, 3.63) is 52.4 Å². The molecular formula is C12H9Cl2NO3. The molecule has 0 fully saturated rings. The maximum Gasteiger partial charge on any atom is 0.334 e. The number of hydrogen-bond donors (Lipinski definition) is 2. The number of hydrogen-bond acceptors (Lipinski definition) is 3. The van der Waals surface area contributed by atoms with Crippen LogP contribution in [0.25, 0.3) is 0 Å². The van der Waals surface area contributed by atoms with Crippen LogP contribution < -0.4 is 5.32 Å². The molecule has 2 aromatic rings. The van der Waals surface area contributed by atoms with E-state index in [1.165, 1.54) is 6.26 Å². The van der Waals surface area contributed by atoms with E-state index in [9.17, 15) is 4.79 Å². The standard InChI is InChI=1S/C12H9Cl2NO3/c13-7-4-8(14)6-9(5-7)15-11(12(16)17)10-2-1-3-18-10/h1-6,11,15H,(H,16,17). The first-order chi connectivity index (χ1) is 8.56. The second kappa shape index (κ2) is 5.33. The van der Waals surface area contributed by atoms with Gasteiger partial charge in [-0.05, 0) is 30.3 Å². The van der Waals surface area contributed by atoms with E-state index >= 15 is 0 Å². The highest BCUT2D eigenvalue weighted by atomic mass is 35.5. The smallest absolute Gasteiger partial charge is 0.334 e. The van der Waals surface area contributed by atoms with Gasteiger partial charge in [0.25, 0.3) is 0 Å². The van der Waals surface area contributed by atoms with Gasteiger partial charge in [-0.25, -0.2) is 4.79 Å². The van der Waals surface area contributed by atoms with Crippen LogP contribution in [0.2, 0.25) is 10.0 Å². The molecule has 1 aromatic carbocycles. The number of carboxylic acids is 1. The molecule has 2 rings (SSSR count). The number of nitrogens with one attached hydrogen (secondary N) is 1. The number of halogens is 2. The zero-order valence-electron chi connectivity index (χ0n) is 9.06. The van der Waals surface area contributed by atoms with Crippen molar-refractivity contribution < 1.29 is 14.3 Å². The van der Waals surface area contributed by atoms with Crippen LogP contribution in [-0.4, -0.2) is 11.1 Å². The quantitative estimate of drug-likeness (QED) is 0.896. The number of rotatable bonds is 4. The summed E-state index contributed by atoms with van der Waals surface area (Å²) in [6.07, 6.45) is 1.41. The maximum atomic E-state index is 11.2. The lowest BCUT2D eigenvalue weighted by Gasteiger charge is -2.14. The Kier molecular flexibility index (Phi) is 3.79. The summed E-state index contributed by atoms with van der Waals surface area (Å²) in [7, 11) is 0. The van der Waals surface area contributed by atoms with E-state index in [1.807, 2.05) is 0 Å². The molecule has 0 aliphatic rings. The normalized spacial score (nSPS) is 12.1. The van der Waals surface area contributed by atoms with E-state index in [0.717, 1.165) is 0 Å². The summed E-state index contributed by atoms with van der Waals surface area (Å²) in [4.78, 5) is 11.2. The number of carboxylic acid groups (broad SMARTS) is 1. The molecule has 0 saturated heterocycles. The van der Waals surface area contributed by atoms with Gasteiger partial charge in [0.15, 0.2) is 6.04 Å². The first-order valence-electron chi connectivity index (χ1n) is 5.05. The van der Waals surface area contributed by atoms with Gasteiger partial charge < -0.3 is 14.8 Å². The largest absolute Gasteiger partial charge is 0.479 e. The van der Waals surface area contributed by atoms with Crippen LogP contribution in [0.5, 0.6) is 0 Å². The maximum absolute atomic E-state index is 11.2. The first kappa shape index (κ1) is 12.8. The number of anilines is 1. The molecule has 0 aliphatic heterocycles. The number of furan rings is 1. The Morgan fingerprint density at radius 3 is 2.44 bits per heavy atom. The van der Waals surface area contributed by atoms with Gasteiger partial charge in [-0.1, -0.05) is 23.2 Å². The Hall–Kier alpha value is -1.65. The minimum atomic E-state index is -1.05. The van der Waals surface area contributed by atoms with Gasteiger partial charge in [-0.3, -0.25) is 0 Å². The summed E-state index contributed by atoms with van der Waals surface area (Å²) < 4.78 is 5.08. The van der Waals surface area contributed by atoms with E-state index in [1.54, 1.807) is 30.3 Å².